The van der Waals surface area contributed by atoms with Crippen molar-refractivity contribution in [2.45, 2.75) is 18.9 Å². The molecule has 0 N–H and O–H groups in total. The molecule has 2 aliphatic heterocycles. The molecule has 2 aliphatic rings. The molecule has 2 fully saturated rings. The summed E-state index contributed by atoms with van der Waals surface area (Å²) in [6.45, 7) is 3.37. The van der Waals surface area contributed by atoms with Crippen LogP contribution in [0.2, 0.25) is 0 Å². The van der Waals surface area contributed by atoms with E-state index in [1.165, 1.54) is 0 Å². The van der Waals surface area contributed by atoms with Gasteiger partial charge in [-0.2, -0.15) is 0 Å². The number of para-hydroxylation sites is 1. The first-order chi connectivity index (χ1) is 11.1. The molecule has 7 nitrogen and oxygen atoms in total. The van der Waals surface area contributed by atoms with Gasteiger partial charge in [-0.3, -0.25) is 15.0 Å². The van der Waals surface area contributed by atoms with Crippen LogP contribution in [-0.4, -0.2) is 42.0 Å². The van der Waals surface area contributed by atoms with Gasteiger partial charge < -0.3 is 9.32 Å². The molecule has 2 aromatic rings. The summed E-state index contributed by atoms with van der Waals surface area (Å²) in [6.07, 6.45) is 2.27. The third-order valence-electron chi connectivity index (χ3n) is 4.85. The van der Waals surface area contributed by atoms with Crippen LogP contribution in [-0.2, 0) is 0 Å². The van der Waals surface area contributed by atoms with E-state index >= 15 is 0 Å². The second kappa shape index (κ2) is 5.34. The monoisotopic (exact) mass is 315 g/mol. The Labute approximate surface area is 132 Å². The highest BCUT2D eigenvalue weighted by atomic mass is 16.6. The largest absolute Gasteiger partial charge is 0.418 e. The van der Waals surface area contributed by atoms with Gasteiger partial charge in [-0.05, 0) is 31.5 Å². The van der Waals surface area contributed by atoms with E-state index in [9.17, 15) is 14.9 Å². The highest BCUT2D eigenvalue weighted by molar-refractivity contribution is 5.95. The van der Waals surface area contributed by atoms with Crippen molar-refractivity contribution in [2.24, 2.45) is 0 Å². The Bertz CT molecular complexity index is 832. The van der Waals surface area contributed by atoms with Crippen LogP contribution in [0.5, 0.6) is 0 Å². The molecule has 0 radical (unpaired) electrons. The Balaban J connectivity index is 1.88. The third-order valence-corrected chi connectivity index (χ3v) is 4.85. The van der Waals surface area contributed by atoms with Gasteiger partial charge in [0.05, 0.1) is 4.92 Å². The van der Waals surface area contributed by atoms with Gasteiger partial charge in [0, 0.05) is 31.1 Å². The van der Waals surface area contributed by atoms with Crippen molar-refractivity contribution >= 4 is 22.3 Å². The first-order valence-electron chi connectivity index (χ1n) is 7.84. The van der Waals surface area contributed by atoms with Gasteiger partial charge in [-0.1, -0.05) is 12.1 Å². The average Bonchev–Trinajstić information content (AvgIpc) is 3.00. The Morgan fingerprint density at radius 1 is 1.22 bits per heavy atom. The summed E-state index contributed by atoms with van der Waals surface area (Å²) in [5, 5.41) is 12.1. The lowest BCUT2D eigenvalue weighted by atomic mass is 10.1. The summed E-state index contributed by atoms with van der Waals surface area (Å²) in [5.41, 5.74) is -0.520. The molecule has 4 rings (SSSR count). The smallest absolute Gasteiger partial charge is 0.417 e. The van der Waals surface area contributed by atoms with Gasteiger partial charge in [-0.15, -0.1) is 0 Å². The normalized spacial score (nSPS) is 21.6. The minimum atomic E-state index is -0.877. The zero-order valence-electron chi connectivity index (χ0n) is 12.6. The first-order valence-corrected chi connectivity index (χ1v) is 7.84. The number of hydrogen-bond acceptors (Lipinski definition) is 6. The second-order valence-corrected chi connectivity index (χ2v) is 6.12. The van der Waals surface area contributed by atoms with Crippen LogP contribution in [0.15, 0.2) is 33.5 Å². The topological polar surface area (TPSA) is 79.8 Å². The van der Waals surface area contributed by atoms with Crippen LogP contribution < -0.4 is 10.5 Å². The third kappa shape index (κ3) is 2.28. The molecule has 0 bridgehead atoms. The number of rotatable bonds is 2. The van der Waals surface area contributed by atoms with Gasteiger partial charge in [-0.25, -0.2) is 4.79 Å². The zero-order valence-corrected chi connectivity index (χ0v) is 12.6. The molecule has 0 amide bonds. The molecule has 1 unspecified atom stereocenters. The van der Waals surface area contributed by atoms with E-state index in [0.29, 0.717) is 35.8 Å². The van der Waals surface area contributed by atoms with Crippen LogP contribution >= 0.6 is 0 Å². The van der Waals surface area contributed by atoms with Crippen LogP contribution in [0, 0.1) is 10.1 Å². The first kappa shape index (κ1) is 14.2. The molecule has 120 valence electrons. The fourth-order valence-electron chi connectivity index (χ4n) is 3.80. The van der Waals surface area contributed by atoms with Crippen LogP contribution in [0.25, 0.3) is 11.0 Å². The SMILES string of the molecule is O=c1oc2ccccc2c(N2CCN3CCCC3C2)c1[N+](=O)[O-]. The number of fused-ring (bicyclic) bond motifs is 2. The summed E-state index contributed by atoms with van der Waals surface area (Å²) in [4.78, 5) is 27.4. The fraction of sp³-hybridized carbons (Fsp3) is 0.438. The lowest BCUT2D eigenvalue weighted by Gasteiger charge is -2.38. The van der Waals surface area contributed by atoms with Gasteiger partial charge in [0.1, 0.15) is 11.3 Å². The standard InChI is InChI=1S/C16H17N3O4/c20-16-15(19(21)22)14(12-5-1-2-6-13(12)23-16)18-9-8-17-7-3-4-11(17)10-18/h1-2,5-6,11H,3-4,7-10H2. The molecular formula is C16H17N3O4. The van der Waals surface area contributed by atoms with Crippen LogP contribution in [0.1, 0.15) is 12.8 Å². The van der Waals surface area contributed by atoms with Crippen molar-refractivity contribution < 1.29 is 9.34 Å². The van der Waals surface area contributed by atoms with Crippen LogP contribution in [0.4, 0.5) is 11.4 Å². The summed E-state index contributed by atoms with van der Waals surface area (Å²) >= 11 is 0. The molecule has 1 aromatic heterocycles. The summed E-state index contributed by atoms with van der Waals surface area (Å²) in [6, 6.07) is 7.43. The molecule has 23 heavy (non-hydrogen) atoms. The average molecular weight is 315 g/mol. The van der Waals surface area contributed by atoms with E-state index in [0.717, 1.165) is 25.9 Å². The molecule has 7 heteroatoms. The van der Waals surface area contributed by atoms with Crippen molar-refractivity contribution in [2.75, 3.05) is 31.1 Å². The van der Waals surface area contributed by atoms with E-state index in [2.05, 4.69) is 4.90 Å². The van der Waals surface area contributed by atoms with Crippen molar-refractivity contribution in [3.8, 4) is 0 Å². The molecule has 0 saturated carbocycles. The van der Waals surface area contributed by atoms with E-state index < -0.39 is 16.2 Å². The lowest BCUT2D eigenvalue weighted by molar-refractivity contribution is -0.386. The predicted molar refractivity (Wildman–Crippen MR) is 85.9 cm³/mol. The number of piperazine rings is 1. The predicted octanol–water partition coefficient (Wildman–Crippen LogP) is 1.99. The van der Waals surface area contributed by atoms with E-state index in [1.54, 1.807) is 24.3 Å². The Kier molecular flexibility index (Phi) is 3.30. The second-order valence-electron chi connectivity index (χ2n) is 6.12. The molecule has 1 atom stereocenters. The maximum atomic E-state index is 12.1. The minimum Gasteiger partial charge on any atom is -0.418 e. The Morgan fingerprint density at radius 3 is 2.87 bits per heavy atom. The van der Waals surface area contributed by atoms with Gasteiger partial charge in [0.2, 0.25) is 0 Å². The van der Waals surface area contributed by atoms with Crippen molar-refractivity contribution in [3.63, 3.8) is 0 Å². The maximum absolute atomic E-state index is 12.1. The summed E-state index contributed by atoms with van der Waals surface area (Å²) in [5.74, 6) is 0. The number of hydrogen-bond donors (Lipinski definition) is 0. The Hall–Kier alpha value is -2.41. The number of nitro groups is 1. The van der Waals surface area contributed by atoms with Crippen molar-refractivity contribution in [1.82, 2.24) is 4.90 Å². The van der Waals surface area contributed by atoms with Gasteiger partial charge in [0.15, 0.2) is 0 Å². The minimum absolute atomic E-state index is 0.395. The maximum Gasteiger partial charge on any atom is 0.417 e. The molecule has 2 saturated heterocycles. The molecule has 0 spiro atoms. The highest BCUT2D eigenvalue weighted by Gasteiger charge is 2.35. The van der Waals surface area contributed by atoms with Gasteiger partial charge in [0.25, 0.3) is 0 Å². The quantitative estimate of drug-likeness (QED) is 0.479. The number of nitrogens with zero attached hydrogens (tertiary/aromatic N) is 3. The molecule has 1 aromatic carbocycles. The molecule has 3 heterocycles. The van der Waals surface area contributed by atoms with E-state index in [1.807, 2.05) is 4.90 Å². The Morgan fingerprint density at radius 2 is 2.04 bits per heavy atom. The van der Waals surface area contributed by atoms with E-state index in [-0.39, 0.29) is 0 Å². The van der Waals surface area contributed by atoms with Crippen LogP contribution in [0.3, 0.4) is 0 Å². The molecular weight excluding hydrogens is 298 g/mol. The summed E-state index contributed by atoms with van der Waals surface area (Å²) in [7, 11) is 0. The van der Waals surface area contributed by atoms with Crippen molar-refractivity contribution in [3.05, 3.63) is 44.8 Å². The summed E-state index contributed by atoms with van der Waals surface area (Å²) < 4.78 is 5.14. The van der Waals surface area contributed by atoms with Gasteiger partial charge >= 0.3 is 11.3 Å². The molecule has 0 aliphatic carbocycles. The highest BCUT2D eigenvalue weighted by Crippen LogP contribution is 2.35. The number of benzene rings is 1. The number of anilines is 1. The van der Waals surface area contributed by atoms with Crippen molar-refractivity contribution in [1.29, 1.82) is 0 Å². The van der Waals surface area contributed by atoms with E-state index in [4.69, 9.17) is 4.42 Å². The fourth-order valence-corrected chi connectivity index (χ4v) is 3.80. The zero-order chi connectivity index (χ0) is 16.0. The lowest BCUT2D eigenvalue weighted by Crippen LogP contribution is -2.50.